The minimum atomic E-state index is -1.55. The largest absolute Gasteiger partial charge is 0.512 e. The number of benzene rings is 3. The Morgan fingerprint density at radius 2 is 1.59 bits per heavy atom. The first-order valence-electron chi connectivity index (χ1n) is 12.9. The number of carbonyl (C=O) groups is 1. The Morgan fingerprint density at radius 3 is 2.18 bits per heavy atom. The van der Waals surface area contributed by atoms with Crippen molar-refractivity contribution in [2.24, 2.45) is 0 Å². The molecule has 1 N–H and O–H groups in total. The first-order valence-corrected chi connectivity index (χ1v) is 16.4. The van der Waals surface area contributed by atoms with Crippen LogP contribution in [0.3, 0.4) is 0 Å². The molecule has 0 bridgehead atoms. The summed E-state index contributed by atoms with van der Waals surface area (Å²) < 4.78 is 6.59. The van der Waals surface area contributed by atoms with E-state index in [0.29, 0.717) is 0 Å². The molecule has 3 aromatic carbocycles. The number of aromatic nitrogens is 1. The molecule has 0 saturated carbocycles. The van der Waals surface area contributed by atoms with E-state index >= 15 is 0 Å². The number of allylic oxidation sites excluding steroid dienone is 2. The van der Waals surface area contributed by atoms with Gasteiger partial charge in [0.15, 0.2) is 5.78 Å². The van der Waals surface area contributed by atoms with Crippen molar-refractivity contribution in [1.82, 2.24) is 4.98 Å². The summed E-state index contributed by atoms with van der Waals surface area (Å²) in [6.07, 6.45) is 3.06. The molecule has 0 amide bonds. The molecule has 0 aliphatic carbocycles. The van der Waals surface area contributed by atoms with E-state index in [0.717, 1.165) is 33.2 Å². The number of ketones is 1. The topological polar surface area (TPSA) is 63.3 Å². The molecule has 0 spiro atoms. The van der Waals surface area contributed by atoms with Crippen LogP contribution in [0.4, 0.5) is 0 Å². The van der Waals surface area contributed by atoms with E-state index in [-0.39, 0.29) is 37.1 Å². The number of aliphatic hydroxyl groups excluding tert-OH is 1. The van der Waals surface area contributed by atoms with Crippen LogP contribution in [-0.2, 0) is 30.3 Å². The molecule has 1 radical (unpaired) electrons. The van der Waals surface area contributed by atoms with Gasteiger partial charge >= 0.3 is 0 Å². The Kier molecular flexibility index (Phi) is 9.06. The van der Waals surface area contributed by atoms with E-state index in [1.54, 1.807) is 0 Å². The fourth-order valence-electron chi connectivity index (χ4n) is 4.78. The van der Waals surface area contributed by atoms with E-state index < -0.39 is 8.07 Å². The summed E-state index contributed by atoms with van der Waals surface area (Å²) in [7, 11) is -1.55. The third kappa shape index (κ3) is 6.58. The maximum absolute atomic E-state index is 10.0. The van der Waals surface area contributed by atoms with Crippen LogP contribution >= 0.6 is 0 Å². The van der Waals surface area contributed by atoms with Crippen molar-refractivity contribution in [1.29, 1.82) is 0 Å². The van der Waals surface area contributed by atoms with Crippen LogP contribution in [0.15, 0.2) is 77.0 Å². The van der Waals surface area contributed by atoms with Gasteiger partial charge in [-0.1, -0.05) is 87.8 Å². The molecule has 2 heterocycles. The molecule has 0 aliphatic rings. The van der Waals surface area contributed by atoms with Crippen molar-refractivity contribution < 1.29 is 34.4 Å². The quantitative estimate of drug-likeness (QED) is 0.0882. The van der Waals surface area contributed by atoms with Gasteiger partial charge < -0.3 is 9.52 Å². The average Bonchev–Trinajstić information content (AvgIpc) is 3.20. The first kappa shape index (κ1) is 30.5. The van der Waals surface area contributed by atoms with Gasteiger partial charge in [0.25, 0.3) is 0 Å². The number of hydrogen-bond acceptors (Lipinski definition) is 4. The zero-order chi connectivity index (χ0) is 27.8. The number of pyridine rings is 1. The Morgan fingerprint density at radius 1 is 0.949 bits per heavy atom. The molecule has 0 aliphatic heterocycles. The van der Waals surface area contributed by atoms with Gasteiger partial charge in [0.2, 0.25) is 0 Å². The fraction of sp³-hybridized carbons (Fsp3) is 0.273. The standard InChI is InChI=1S/C28H28NOSi.C5H8O2.Ir/c1-28(2,3)23-17-19(16-18-10-7-8-11-20(18)23)25-27-22(14-15-29-25)21-12-9-13-24(26(21)30-27)31(4,5)6;1-4(6)3-5(2)7;/h7-15,17H,1-6H3;3,6H,1-2H3;/q-1;;/b;4-3-;. The molecule has 2 aromatic heterocycles. The maximum atomic E-state index is 10.0. The second kappa shape index (κ2) is 11.6. The number of carbonyl (C=O) groups excluding carboxylic acids is 1. The monoisotopic (exact) mass is 715 g/mol. The molecule has 0 unspecified atom stereocenters. The van der Waals surface area contributed by atoms with Crippen LogP contribution in [0.25, 0.3) is 44.0 Å². The van der Waals surface area contributed by atoms with Crippen LogP contribution in [-0.4, -0.2) is 23.9 Å². The van der Waals surface area contributed by atoms with E-state index in [1.807, 2.05) is 6.20 Å². The van der Waals surface area contributed by atoms with Gasteiger partial charge in [-0.15, -0.1) is 29.1 Å². The van der Waals surface area contributed by atoms with Crippen LogP contribution < -0.4 is 5.19 Å². The Bertz CT molecular complexity index is 1680. The van der Waals surface area contributed by atoms with Crippen LogP contribution in [0, 0.1) is 6.07 Å². The predicted octanol–water partition coefficient (Wildman–Crippen LogP) is 8.48. The van der Waals surface area contributed by atoms with Gasteiger partial charge in [-0.05, 0) is 30.5 Å². The molecule has 0 fully saturated rings. The molecular formula is C33H36IrNO3Si-. The summed E-state index contributed by atoms with van der Waals surface area (Å²) in [6.45, 7) is 16.7. The second-order valence-electron chi connectivity index (χ2n) is 11.9. The summed E-state index contributed by atoms with van der Waals surface area (Å²) >= 11 is 0. The summed E-state index contributed by atoms with van der Waals surface area (Å²) in [5.41, 5.74) is 5.04. The summed E-state index contributed by atoms with van der Waals surface area (Å²) in [4.78, 5) is 14.8. The number of nitrogens with zero attached hydrogens (tertiary/aromatic N) is 1. The molecular weight excluding hydrogens is 679 g/mol. The van der Waals surface area contributed by atoms with Crippen LogP contribution in [0.1, 0.15) is 40.2 Å². The predicted molar refractivity (Wildman–Crippen MR) is 162 cm³/mol. The number of para-hydroxylation sites is 1. The SMILES string of the molecule is CC(=O)/C=C(/C)O.CC(C)(C)c1cc(-c2nccc3c2oc2c([Si](C)(C)C)cccc23)[c-]c2ccccc12.[Ir]. The average molecular weight is 715 g/mol. The van der Waals surface area contributed by atoms with E-state index in [4.69, 9.17) is 14.5 Å². The molecule has 0 saturated heterocycles. The van der Waals surface area contributed by atoms with Gasteiger partial charge in [0, 0.05) is 48.8 Å². The summed E-state index contributed by atoms with van der Waals surface area (Å²) in [5, 5.41) is 14.4. The number of aliphatic hydroxyl groups is 1. The number of rotatable bonds is 3. The molecule has 0 atom stereocenters. The molecule has 5 aromatic rings. The summed E-state index contributed by atoms with van der Waals surface area (Å²) in [5.74, 6) is -0.0625. The molecule has 6 heteroatoms. The van der Waals surface area contributed by atoms with Crippen molar-refractivity contribution in [2.75, 3.05) is 0 Å². The van der Waals surface area contributed by atoms with E-state index in [9.17, 15) is 4.79 Å². The van der Waals surface area contributed by atoms with Gasteiger partial charge in [-0.25, -0.2) is 0 Å². The zero-order valence-electron chi connectivity index (χ0n) is 23.9. The summed E-state index contributed by atoms with van der Waals surface area (Å²) in [6, 6.07) is 23.0. The minimum absolute atomic E-state index is 0. The number of fused-ring (bicyclic) bond motifs is 4. The van der Waals surface area contributed by atoms with Crippen molar-refractivity contribution in [2.45, 2.75) is 59.7 Å². The van der Waals surface area contributed by atoms with Crippen molar-refractivity contribution in [3.63, 3.8) is 0 Å². The smallest absolute Gasteiger partial charge is 0.155 e. The molecule has 39 heavy (non-hydrogen) atoms. The fourth-order valence-corrected chi connectivity index (χ4v) is 6.24. The van der Waals surface area contributed by atoms with E-state index in [2.05, 4.69) is 101 Å². The van der Waals surface area contributed by atoms with Gasteiger partial charge in [0.05, 0.1) is 13.8 Å². The van der Waals surface area contributed by atoms with Gasteiger partial charge in [-0.3, -0.25) is 9.78 Å². The number of furan rings is 1. The van der Waals surface area contributed by atoms with Crippen molar-refractivity contribution in [3.05, 3.63) is 84.3 Å². The Hall–Kier alpha value is -3.05. The number of hydrogen-bond donors (Lipinski definition) is 1. The van der Waals surface area contributed by atoms with Crippen LogP contribution in [0.5, 0.6) is 0 Å². The maximum Gasteiger partial charge on any atom is 0.155 e. The van der Waals surface area contributed by atoms with Crippen LogP contribution in [0.2, 0.25) is 19.6 Å². The van der Waals surface area contributed by atoms with Gasteiger partial charge in [-0.2, -0.15) is 0 Å². The van der Waals surface area contributed by atoms with E-state index in [1.165, 1.54) is 41.4 Å². The Balaban J connectivity index is 0.000000468. The Labute approximate surface area is 245 Å². The molecule has 5 rings (SSSR count). The van der Waals surface area contributed by atoms with Crippen molar-refractivity contribution in [3.8, 4) is 11.3 Å². The first-order chi connectivity index (χ1) is 17.8. The molecule has 205 valence electrons. The van der Waals surface area contributed by atoms with Crippen molar-refractivity contribution >= 4 is 51.8 Å². The van der Waals surface area contributed by atoms with Gasteiger partial charge in [0.1, 0.15) is 11.2 Å². The normalized spacial score (nSPS) is 12.3. The third-order valence-electron chi connectivity index (χ3n) is 6.47. The second-order valence-corrected chi connectivity index (χ2v) is 16.9. The minimum Gasteiger partial charge on any atom is -0.512 e. The molecule has 4 nitrogen and oxygen atoms in total. The zero-order valence-corrected chi connectivity index (χ0v) is 27.3. The third-order valence-corrected chi connectivity index (χ3v) is 8.48.